The highest BCUT2D eigenvalue weighted by molar-refractivity contribution is 7.81. The summed E-state index contributed by atoms with van der Waals surface area (Å²) in [7, 11) is 0. The van der Waals surface area contributed by atoms with E-state index in [0.29, 0.717) is 6.42 Å². The predicted molar refractivity (Wildman–Crippen MR) is 36.2 cm³/mol. The third-order valence-corrected chi connectivity index (χ3v) is 1.85. The van der Waals surface area contributed by atoms with Crippen LogP contribution in [0.5, 0.6) is 0 Å². The van der Waals surface area contributed by atoms with Crippen molar-refractivity contribution in [3.05, 3.63) is 0 Å². The summed E-state index contributed by atoms with van der Waals surface area (Å²) in [6.45, 7) is 1.74. The molecule has 0 atom stereocenters. The molecule has 8 heavy (non-hydrogen) atoms. The molecule has 0 rings (SSSR count). The van der Waals surface area contributed by atoms with Crippen molar-refractivity contribution >= 4 is 12.6 Å². The highest BCUT2D eigenvalue weighted by Crippen LogP contribution is 2.15. The van der Waals surface area contributed by atoms with Gasteiger partial charge >= 0.3 is 0 Å². The molecule has 0 saturated carbocycles. The van der Waals surface area contributed by atoms with E-state index in [1.165, 1.54) is 0 Å². The van der Waals surface area contributed by atoms with Crippen LogP contribution in [0.25, 0.3) is 0 Å². The van der Waals surface area contributed by atoms with Crippen LogP contribution in [0.15, 0.2) is 0 Å². The third kappa shape index (κ3) is 2.03. The summed E-state index contributed by atoms with van der Waals surface area (Å²) in [6, 6.07) is 0. The summed E-state index contributed by atoms with van der Waals surface area (Å²) in [5, 5.41) is 17.1. The molecule has 0 heterocycles. The van der Waals surface area contributed by atoms with E-state index >= 15 is 0 Å². The molecule has 0 aromatic carbocycles. The van der Waals surface area contributed by atoms with E-state index < -0.39 is 4.75 Å². The summed E-state index contributed by atoms with van der Waals surface area (Å²) in [5.41, 5.74) is 0. The van der Waals surface area contributed by atoms with Crippen molar-refractivity contribution in [1.29, 1.82) is 0 Å². The van der Waals surface area contributed by atoms with Gasteiger partial charge in [-0.05, 0) is 6.42 Å². The number of thiol groups is 1. The summed E-state index contributed by atoms with van der Waals surface area (Å²) in [4.78, 5) is 0. The van der Waals surface area contributed by atoms with Crippen molar-refractivity contribution in [2.24, 2.45) is 0 Å². The molecule has 2 nitrogen and oxygen atoms in total. The monoisotopic (exact) mass is 136 g/mol. The smallest absolute Gasteiger partial charge is 0.0597 e. The molecule has 2 N–H and O–H groups in total. The van der Waals surface area contributed by atoms with Crippen molar-refractivity contribution in [3.63, 3.8) is 0 Å². The second kappa shape index (κ2) is 3.33. The summed E-state index contributed by atoms with van der Waals surface area (Å²) in [5.74, 6) is 0. The van der Waals surface area contributed by atoms with Crippen LogP contribution in [0.2, 0.25) is 0 Å². The van der Waals surface area contributed by atoms with Gasteiger partial charge in [-0.1, -0.05) is 6.92 Å². The average molecular weight is 136 g/mol. The van der Waals surface area contributed by atoms with E-state index in [2.05, 4.69) is 12.6 Å². The van der Waals surface area contributed by atoms with Gasteiger partial charge in [0.2, 0.25) is 0 Å². The fourth-order valence-corrected chi connectivity index (χ4v) is 0.274. The van der Waals surface area contributed by atoms with Crippen molar-refractivity contribution < 1.29 is 10.2 Å². The zero-order valence-electron chi connectivity index (χ0n) is 4.96. The number of hydrogen-bond acceptors (Lipinski definition) is 3. The zero-order valence-corrected chi connectivity index (χ0v) is 5.86. The maximum Gasteiger partial charge on any atom is 0.0597 e. The van der Waals surface area contributed by atoms with Crippen molar-refractivity contribution in [3.8, 4) is 0 Å². The quantitative estimate of drug-likeness (QED) is 0.480. The Morgan fingerprint density at radius 1 is 1.38 bits per heavy atom. The molecule has 0 aromatic rings. The van der Waals surface area contributed by atoms with Crippen LogP contribution in [0, 0.1) is 0 Å². The summed E-state index contributed by atoms with van der Waals surface area (Å²) in [6.07, 6.45) is 0.684. The molecule has 0 bridgehead atoms. The van der Waals surface area contributed by atoms with Crippen molar-refractivity contribution in [2.75, 3.05) is 13.2 Å². The van der Waals surface area contributed by atoms with E-state index in [1.807, 2.05) is 6.92 Å². The second-order valence-electron chi connectivity index (χ2n) is 1.89. The fourth-order valence-electron chi connectivity index (χ4n) is 0.274. The molecule has 0 aliphatic heterocycles. The SMILES string of the molecule is CCC(S)(CO)CO. The molecule has 0 amide bonds. The van der Waals surface area contributed by atoms with E-state index in [0.717, 1.165) is 0 Å². The molecular weight excluding hydrogens is 124 g/mol. The molecular formula is C5H12O2S. The normalized spacial score (nSPS) is 12.0. The minimum absolute atomic E-state index is 0.0664. The van der Waals surface area contributed by atoms with Gasteiger partial charge in [0.05, 0.1) is 18.0 Å². The van der Waals surface area contributed by atoms with Crippen molar-refractivity contribution in [1.82, 2.24) is 0 Å². The minimum Gasteiger partial charge on any atom is -0.395 e. The molecule has 0 spiro atoms. The lowest BCUT2D eigenvalue weighted by molar-refractivity contribution is 0.171. The van der Waals surface area contributed by atoms with Gasteiger partial charge in [0.25, 0.3) is 0 Å². The number of hydrogen-bond donors (Lipinski definition) is 3. The highest BCUT2D eigenvalue weighted by atomic mass is 32.1. The first kappa shape index (κ1) is 8.27. The lowest BCUT2D eigenvalue weighted by atomic mass is 10.1. The predicted octanol–water partition coefficient (Wildman–Crippen LogP) is 0.0496. The zero-order chi connectivity index (χ0) is 6.62. The van der Waals surface area contributed by atoms with Crippen LogP contribution in [-0.2, 0) is 0 Å². The van der Waals surface area contributed by atoms with Gasteiger partial charge in [-0.3, -0.25) is 0 Å². The van der Waals surface area contributed by atoms with E-state index in [1.54, 1.807) is 0 Å². The Balaban J connectivity index is 3.58. The van der Waals surface area contributed by atoms with Crippen LogP contribution in [0.1, 0.15) is 13.3 Å². The average Bonchev–Trinajstić information content (AvgIpc) is 1.87. The Kier molecular flexibility index (Phi) is 3.44. The molecule has 3 heteroatoms. The Morgan fingerprint density at radius 2 is 1.75 bits per heavy atom. The summed E-state index contributed by atoms with van der Waals surface area (Å²) >= 11 is 4.02. The van der Waals surface area contributed by atoms with Crippen molar-refractivity contribution in [2.45, 2.75) is 18.1 Å². The van der Waals surface area contributed by atoms with E-state index in [9.17, 15) is 0 Å². The summed E-state index contributed by atoms with van der Waals surface area (Å²) < 4.78 is -0.569. The first-order valence-electron chi connectivity index (χ1n) is 2.62. The van der Waals surface area contributed by atoms with Crippen LogP contribution < -0.4 is 0 Å². The number of rotatable bonds is 3. The van der Waals surface area contributed by atoms with Gasteiger partial charge in [0.15, 0.2) is 0 Å². The maximum atomic E-state index is 8.55. The molecule has 0 aliphatic carbocycles. The van der Waals surface area contributed by atoms with Gasteiger partial charge < -0.3 is 10.2 Å². The van der Waals surface area contributed by atoms with Crippen LogP contribution in [0.4, 0.5) is 0 Å². The maximum absolute atomic E-state index is 8.55. The van der Waals surface area contributed by atoms with Gasteiger partial charge in [-0.2, -0.15) is 12.6 Å². The van der Waals surface area contributed by atoms with Gasteiger partial charge in [-0.15, -0.1) is 0 Å². The van der Waals surface area contributed by atoms with Gasteiger partial charge in [0, 0.05) is 0 Å². The first-order chi connectivity index (χ1) is 3.68. The molecule has 0 unspecified atom stereocenters. The van der Waals surface area contributed by atoms with E-state index in [4.69, 9.17) is 10.2 Å². The molecule has 0 fully saturated rings. The molecule has 0 aromatic heterocycles. The van der Waals surface area contributed by atoms with Gasteiger partial charge in [-0.25, -0.2) is 0 Å². The lowest BCUT2D eigenvalue weighted by Crippen LogP contribution is -2.29. The molecule has 0 saturated heterocycles. The molecule has 0 radical (unpaired) electrons. The minimum atomic E-state index is -0.569. The number of aliphatic hydroxyl groups is 2. The Bertz CT molecular complexity index is 53.2. The fraction of sp³-hybridized carbons (Fsp3) is 1.00. The Hall–Kier alpha value is 0.270. The second-order valence-corrected chi connectivity index (χ2v) is 2.84. The standard InChI is InChI=1S/C5H12O2S/c1-2-5(8,3-6)4-7/h6-8H,2-4H2,1H3. The Morgan fingerprint density at radius 3 is 1.75 bits per heavy atom. The highest BCUT2D eigenvalue weighted by Gasteiger charge is 2.19. The van der Waals surface area contributed by atoms with Crippen LogP contribution in [0.3, 0.4) is 0 Å². The molecule has 50 valence electrons. The molecule has 0 aliphatic rings. The van der Waals surface area contributed by atoms with Crippen LogP contribution >= 0.6 is 12.6 Å². The number of aliphatic hydroxyl groups excluding tert-OH is 2. The lowest BCUT2D eigenvalue weighted by Gasteiger charge is -2.20. The first-order valence-corrected chi connectivity index (χ1v) is 3.07. The largest absolute Gasteiger partial charge is 0.395 e. The Labute approximate surface area is 54.9 Å². The van der Waals surface area contributed by atoms with E-state index in [-0.39, 0.29) is 13.2 Å². The van der Waals surface area contributed by atoms with Gasteiger partial charge in [0.1, 0.15) is 0 Å². The topological polar surface area (TPSA) is 40.5 Å². The van der Waals surface area contributed by atoms with Crippen LogP contribution in [-0.4, -0.2) is 28.2 Å². The third-order valence-electron chi connectivity index (χ3n) is 1.25.